The zero-order chi connectivity index (χ0) is 7.71. The molecule has 0 amide bonds. The minimum Gasteiger partial charge on any atom is -0.790 e. The van der Waals surface area contributed by atoms with Crippen LogP contribution in [-0.2, 0) is 13.4 Å². The minimum absolute atomic E-state index is 0. The Kier molecular flexibility index (Phi) is 23.2. The van der Waals surface area contributed by atoms with E-state index in [1.165, 1.54) is 0 Å². The Labute approximate surface area is 115 Å². The van der Waals surface area contributed by atoms with Gasteiger partial charge in [-0.25, -0.2) is 0 Å². The summed E-state index contributed by atoms with van der Waals surface area (Å²) >= 11 is 0. The van der Waals surface area contributed by atoms with Gasteiger partial charge in [0.05, 0.1) is 15.6 Å². The number of hydrogen-bond donors (Lipinski definition) is 0. The van der Waals surface area contributed by atoms with Crippen molar-refractivity contribution < 1.29 is 101 Å². The van der Waals surface area contributed by atoms with E-state index in [1.54, 1.807) is 0 Å². The van der Waals surface area contributed by atoms with Crippen molar-refractivity contribution in [1.82, 2.24) is 0 Å². The van der Waals surface area contributed by atoms with Crippen molar-refractivity contribution >= 4 is 15.6 Å². The summed E-state index contributed by atoms with van der Waals surface area (Å²) in [6.45, 7) is 0. The Morgan fingerprint density at radius 1 is 0.769 bits per heavy atom. The third kappa shape index (κ3) is 31.6. The molecule has 10 nitrogen and oxygen atoms in total. The Morgan fingerprint density at radius 2 is 0.923 bits per heavy atom. The zero-order valence-corrected chi connectivity index (χ0v) is 11.2. The van der Waals surface area contributed by atoms with E-state index in [0.717, 1.165) is 0 Å². The van der Waals surface area contributed by atoms with Crippen molar-refractivity contribution in [1.29, 1.82) is 0 Å². The molecular weight excluding hydrogens is 261 g/mol. The minimum atomic E-state index is -5.68. The first-order valence-electron chi connectivity index (χ1n) is 1.46. The fraction of sp³-hybridized carbons (Fsp3) is 0. The Hall–Kier alpha value is 1.78. The summed E-state index contributed by atoms with van der Waals surface area (Å²) in [6, 6.07) is 0. The molecule has 0 unspecified atom stereocenters. The summed E-state index contributed by atoms with van der Waals surface area (Å²) in [5, 5.41) is 0. The second-order valence-corrected chi connectivity index (χ2v) is 3.42. The van der Waals surface area contributed by atoms with E-state index in [1.807, 2.05) is 0 Å². The van der Waals surface area contributed by atoms with Crippen LogP contribution in [0.15, 0.2) is 0 Å². The molecule has 0 saturated heterocycles. The first kappa shape index (κ1) is 29.3. The van der Waals surface area contributed by atoms with Gasteiger partial charge in [-0.3, -0.25) is 0 Å². The van der Waals surface area contributed by atoms with E-state index in [4.69, 9.17) is 0 Å². The molecule has 13 heavy (non-hydrogen) atoms. The van der Waals surface area contributed by atoms with Gasteiger partial charge in [0, 0.05) is 0 Å². The van der Waals surface area contributed by atoms with E-state index in [9.17, 15) is 28.7 Å². The molecule has 6 N–H and O–H groups in total. The zero-order valence-electron chi connectivity index (χ0n) is 6.25. The van der Waals surface area contributed by atoms with Crippen LogP contribution < -0.4 is 71.0 Å². The molecule has 0 aliphatic carbocycles. The van der Waals surface area contributed by atoms with Crippen LogP contribution in [0.4, 0.5) is 0 Å². The molecule has 13 heteroatoms. The third-order valence-electron chi connectivity index (χ3n) is 0.200. The van der Waals surface area contributed by atoms with Crippen molar-refractivity contribution in [3.8, 4) is 0 Å². The fourth-order valence-electron chi connectivity index (χ4n) is 0.122. The molecular formula is H6KO10P2-3. The van der Waals surface area contributed by atoms with E-state index in [2.05, 4.69) is 4.31 Å². The van der Waals surface area contributed by atoms with Crippen LogP contribution in [0, 0.1) is 0 Å². The van der Waals surface area contributed by atoms with Crippen LogP contribution in [0.1, 0.15) is 0 Å². The van der Waals surface area contributed by atoms with E-state index < -0.39 is 15.6 Å². The molecule has 0 aliphatic rings. The predicted octanol–water partition coefficient (Wildman–Crippen LogP) is -8.81. The van der Waals surface area contributed by atoms with Gasteiger partial charge in [-0.1, -0.05) is 0 Å². The smallest absolute Gasteiger partial charge is 0.790 e. The molecule has 0 radical (unpaired) electrons. The van der Waals surface area contributed by atoms with E-state index >= 15 is 0 Å². The van der Waals surface area contributed by atoms with Crippen molar-refractivity contribution in [3.63, 3.8) is 0 Å². The number of phosphoric acid groups is 2. The predicted molar refractivity (Wildman–Crippen MR) is 27.1 cm³/mol. The van der Waals surface area contributed by atoms with Gasteiger partial charge in [-0.15, -0.1) is 0 Å². The number of rotatable bonds is 2. The van der Waals surface area contributed by atoms with Gasteiger partial charge in [-0.05, 0) is 0 Å². The van der Waals surface area contributed by atoms with Crippen molar-refractivity contribution in [3.05, 3.63) is 0 Å². The van der Waals surface area contributed by atoms with Gasteiger partial charge in [0.2, 0.25) is 0 Å². The van der Waals surface area contributed by atoms with Crippen LogP contribution in [0.3, 0.4) is 0 Å². The van der Waals surface area contributed by atoms with Crippen LogP contribution in [-0.4, -0.2) is 16.4 Å². The van der Waals surface area contributed by atoms with Gasteiger partial charge < -0.3 is 49.4 Å². The monoisotopic (exact) mass is 267 g/mol. The quantitative estimate of drug-likeness (QED) is 0.345. The van der Waals surface area contributed by atoms with E-state index in [-0.39, 0.29) is 67.8 Å². The maximum atomic E-state index is 9.32. The first-order valence-corrected chi connectivity index (χ1v) is 4.38. The largest absolute Gasteiger partial charge is 1.00 e. The van der Waals surface area contributed by atoms with Gasteiger partial charge in [0.15, 0.2) is 0 Å². The second-order valence-electron chi connectivity index (χ2n) is 0.976. The first-order chi connectivity index (χ1) is 3.71. The Balaban J connectivity index is -0.0000000533. The normalized spacial score (nSPS) is 9.54. The van der Waals surface area contributed by atoms with Crippen molar-refractivity contribution in [2.45, 2.75) is 0 Å². The van der Waals surface area contributed by atoms with E-state index in [0.29, 0.717) is 0 Å². The Morgan fingerprint density at radius 3 is 0.923 bits per heavy atom. The van der Waals surface area contributed by atoms with Gasteiger partial charge in [0.1, 0.15) is 0 Å². The van der Waals surface area contributed by atoms with Crippen LogP contribution in [0.2, 0.25) is 0 Å². The molecule has 0 spiro atoms. The summed E-state index contributed by atoms with van der Waals surface area (Å²) in [6.07, 6.45) is 0. The summed E-state index contributed by atoms with van der Waals surface area (Å²) in [5.74, 6) is 0. The Bertz CT molecular complexity index is 153. The molecule has 0 aromatic carbocycles. The molecule has 0 rings (SSSR count). The van der Waals surface area contributed by atoms with Gasteiger partial charge in [0.25, 0.3) is 0 Å². The summed E-state index contributed by atoms with van der Waals surface area (Å²) in [7, 11) is -11.4. The van der Waals surface area contributed by atoms with Crippen molar-refractivity contribution in [2.75, 3.05) is 0 Å². The van der Waals surface area contributed by atoms with Crippen LogP contribution in [0.5, 0.6) is 0 Å². The second kappa shape index (κ2) is 10.3. The van der Waals surface area contributed by atoms with Crippen LogP contribution >= 0.6 is 15.6 Å². The molecule has 80 valence electrons. The van der Waals surface area contributed by atoms with Crippen LogP contribution in [0.25, 0.3) is 0 Å². The fourth-order valence-corrected chi connectivity index (χ4v) is 1.10. The van der Waals surface area contributed by atoms with Crippen molar-refractivity contribution in [2.24, 2.45) is 0 Å². The molecule has 0 aromatic rings. The third-order valence-corrected chi connectivity index (χ3v) is 1.80. The molecule has 0 atom stereocenters. The van der Waals surface area contributed by atoms with Gasteiger partial charge in [-0.2, -0.15) is 0 Å². The van der Waals surface area contributed by atoms with Gasteiger partial charge >= 0.3 is 51.4 Å². The maximum absolute atomic E-state index is 9.32. The summed E-state index contributed by atoms with van der Waals surface area (Å²) < 4.78 is 21.2. The molecule has 0 aliphatic heterocycles. The molecule has 0 fully saturated rings. The molecule has 0 bridgehead atoms. The number of hydrogen-bond acceptors (Lipinski definition) is 7. The summed E-state index contributed by atoms with van der Waals surface area (Å²) in [5.41, 5.74) is 0. The SMILES string of the molecule is O.O.O.O=P([O-])([O-])OP(=O)([O-])[O-].[K+]. The molecule has 0 saturated carbocycles. The maximum Gasteiger partial charge on any atom is 1.00 e. The standard InChI is InChI=1S/K.H4O7P2.3H2O/c;1-8(2,3)7-9(4,5)6;;;/h;(H2,1,2,3)(H2,4,5,6);3*1H2/q+1;;;;/p-4. The molecule has 0 heterocycles. The average Bonchev–Trinajstić information content (AvgIpc) is 1.14. The summed E-state index contributed by atoms with van der Waals surface area (Å²) in [4.78, 5) is 37.3. The molecule has 0 aromatic heterocycles. The average molecular weight is 267 g/mol. The topological polar surface area (TPSA) is 230 Å².